The van der Waals surface area contributed by atoms with Crippen molar-refractivity contribution in [3.05, 3.63) is 46.1 Å². The number of aromatic amines is 1. The Morgan fingerprint density at radius 3 is 3.19 bits per heavy atom. The minimum atomic E-state index is -0.0223. The minimum absolute atomic E-state index is 0.0223. The second-order valence-electron chi connectivity index (χ2n) is 6.02. The fourth-order valence-electron chi connectivity index (χ4n) is 3.15. The molecule has 0 bridgehead atoms. The van der Waals surface area contributed by atoms with Gasteiger partial charge in [-0.3, -0.25) is 14.8 Å². The Labute approximate surface area is 159 Å². The average Bonchev–Trinajstić information content (AvgIpc) is 3.43. The molecule has 136 valence electrons. The second kappa shape index (κ2) is 7.65. The van der Waals surface area contributed by atoms with E-state index >= 15 is 0 Å². The first-order valence-corrected chi connectivity index (χ1v) is 10.0. The van der Waals surface area contributed by atoms with Gasteiger partial charge in [0, 0.05) is 18.0 Å². The van der Waals surface area contributed by atoms with Crippen molar-refractivity contribution in [2.45, 2.75) is 35.7 Å². The van der Waals surface area contributed by atoms with Crippen LogP contribution in [-0.4, -0.2) is 39.6 Å². The molecule has 0 spiro atoms. The maximum atomic E-state index is 11.8. The Bertz CT molecular complexity index is 873. The summed E-state index contributed by atoms with van der Waals surface area (Å²) < 4.78 is 5.94. The van der Waals surface area contributed by atoms with Gasteiger partial charge in [-0.15, -0.1) is 11.3 Å². The van der Waals surface area contributed by atoms with Gasteiger partial charge >= 0.3 is 0 Å². The number of carbonyl (C=O) groups is 1. The van der Waals surface area contributed by atoms with Gasteiger partial charge in [0.2, 0.25) is 0 Å². The highest BCUT2D eigenvalue weighted by Gasteiger charge is 2.28. The molecule has 26 heavy (non-hydrogen) atoms. The van der Waals surface area contributed by atoms with Crippen LogP contribution in [0.15, 0.2) is 45.3 Å². The third-order valence-corrected chi connectivity index (χ3v) is 6.35. The molecule has 1 aliphatic rings. The van der Waals surface area contributed by atoms with E-state index in [1.54, 1.807) is 18.4 Å². The van der Waals surface area contributed by atoms with Crippen LogP contribution in [0.5, 0.6) is 0 Å². The lowest BCUT2D eigenvalue weighted by atomic mass is 10.2. The first kappa shape index (κ1) is 17.3. The van der Waals surface area contributed by atoms with Gasteiger partial charge in [0.25, 0.3) is 5.91 Å². The highest BCUT2D eigenvalue weighted by molar-refractivity contribution is 7.99. The van der Waals surface area contributed by atoms with E-state index in [1.165, 1.54) is 23.0 Å². The molecule has 4 rings (SSSR count). The Kier molecular flexibility index (Phi) is 5.09. The number of H-pyrrole nitrogens is 1. The van der Waals surface area contributed by atoms with Gasteiger partial charge in [-0.05, 0) is 55.4 Å². The smallest absolute Gasteiger partial charge is 0.261 e. The molecule has 0 unspecified atom stereocenters. The standard InChI is InChI=1S/C17H19N5O2S2/c1-18-16(23)14-6-5-13(25-14)12-3-2-8-22(12)9-11-4-7-15(24-11)26-17-19-10-20-21-17/h4-7,10,12H,2-3,8-9H2,1H3,(H,18,23)(H,19,20,21)/t12-/m0/s1. The van der Waals surface area contributed by atoms with Gasteiger partial charge in [0.15, 0.2) is 10.2 Å². The summed E-state index contributed by atoms with van der Waals surface area (Å²) in [6.45, 7) is 1.79. The molecule has 9 heteroatoms. The highest BCUT2D eigenvalue weighted by Crippen LogP contribution is 2.37. The van der Waals surface area contributed by atoms with Crippen LogP contribution < -0.4 is 5.32 Å². The van der Waals surface area contributed by atoms with E-state index < -0.39 is 0 Å². The number of amides is 1. The van der Waals surface area contributed by atoms with Crippen LogP contribution in [0.1, 0.15) is 39.2 Å². The zero-order valence-corrected chi connectivity index (χ0v) is 15.9. The molecule has 0 radical (unpaired) electrons. The molecular weight excluding hydrogens is 370 g/mol. The van der Waals surface area contributed by atoms with Crippen molar-refractivity contribution in [3.8, 4) is 0 Å². The fourth-order valence-corrected chi connectivity index (χ4v) is 4.95. The molecule has 3 aromatic heterocycles. The number of rotatable bonds is 6. The number of hydrogen-bond acceptors (Lipinski definition) is 7. The molecular formula is C17H19N5O2S2. The molecule has 3 aromatic rings. The molecule has 2 N–H and O–H groups in total. The number of hydrogen-bond donors (Lipinski definition) is 2. The van der Waals surface area contributed by atoms with E-state index in [-0.39, 0.29) is 5.91 Å². The summed E-state index contributed by atoms with van der Waals surface area (Å²) in [5, 5.41) is 10.8. The van der Waals surface area contributed by atoms with E-state index in [1.807, 2.05) is 18.2 Å². The first-order valence-electron chi connectivity index (χ1n) is 8.40. The van der Waals surface area contributed by atoms with Crippen LogP contribution in [0.4, 0.5) is 0 Å². The Hall–Kier alpha value is -2.10. The lowest BCUT2D eigenvalue weighted by molar-refractivity contribution is 0.0967. The lowest BCUT2D eigenvalue weighted by Gasteiger charge is -2.22. The Balaban J connectivity index is 1.43. The van der Waals surface area contributed by atoms with Crippen molar-refractivity contribution in [3.63, 3.8) is 0 Å². The highest BCUT2D eigenvalue weighted by atomic mass is 32.2. The van der Waals surface area contributed by atoms with Gasteiger partial charge in [0.1, 0.15) is 12.1 Å². The number of aromatic nitrogens is 3. The molecule has 1 aliphatic heterocycles. The van der Waals surface area contributed by atoms with Crippen molar-refractivity contribution in [2.24, 2.45) is 0 Å². The average molecular weight is 390 g/mol. The van der Waals surface area contributed by atoms with Crippen molar-refractivity contribution >= 4 is 29.0 Å². The van der Waals surface area contributed by atoms with E-state index in [4.69, 9.17) is 4.42 Å². The molecule has 1 atom stereocenters. The predicted octanol–water partition coefficient (Wildman–Crippen LogP) is 3.31. The SMILES string of the molecule is CNC(=O)c1ccc([C@@H]2CCCN2Cc2ccc(Sc3ncn[nH]3)o2)s1. The van der Waals surface area contributed by atoms with Crippen LogP contribution in [0.2, 0.25) is 0 Å². The van der Waals surface area contributed by atoms with Crippen LogP contribution in [0.25, 0.3) is 0 Å². The van der Waals surface area contributed by atoms with Crippen LogP contribution in [0.3, 0.4) is 0 Å². The summed E-state index contributed by atoms with van der Waals surface area (Å²) in [6, 6.07) is 8.30. The first-order chi connectivity index (χ1) is 12.7. The number of furan rings is 1. The minimum Gasteiger partial charge on any atom is -0.453 e. The normalized spacial score (nSPS) is 17.7. The van der Waals surface area contributed by atoms with Gasteiger partial charge in [-0.2, -0.15) is 5.10 Å². The van der Waals surface area contributed by atoms with Crippen LogP contribution in [0, 0.1) is 0 Å². The summed E-state index contributed by atoms with van der Waals surface area (Å²) in [4.78, 5) is 20.3. The Morgan fingerprint density at radius 2 is 2.38 bits per heavy atom. The van der Waals surface area contributed by atoms with E-state index in [0.29, 0.717) is 11.2 Å². The quantitative estimate of drug-likeness (QED) is 0.673. The largest absolute Gasteiger partial charge is 0.453 e. The molecule has 0 aromatic carbocycles. The summed E-state index contributed by atoms with van der Waals surface area (Å²) in [5.41, 5.74) is 0. The monoisotopic (exact) mass is 389 g/mol. The van der Waals surface area contributed by atoms with Gasteiger partial charge in [-0.25, -0.2) is 4.98 Å². The number of nitrogens with one attached hydrogen (secondary N) is 2. The maximum Gasteiger partial charge on any atom is 0.261 e. The van der Waals surface area contributed by atoms with E-state index in [0.717, 1.165) is 41.7 Å². The molecule has 0 aliphatic carbocycles. The summed E-state index contributed by atoms with van der Waals surface area (Å²) >= 11 is 3.00. The van der Waals surface area contributed by atoms with Crippen molar-refractivity contribution in [1.82, 2.24) is 25.4 Å². The molecule has 1 saturated heterocycles. The van der Waals surface area contributed by atoms with Gasteiger partial charge in [-0.1, -0.05) is 0 Å². The Morgan fingerprint density at radius 1 is 1.46 bits per heavy atom. The van der Waals surface area contributed by atoms with Crippen molar-refractivity contribution < 1.29 is 9.21 Å². The zero-order valence-electron chi connectivity index (χ0n) is 14.3. The molecule has 4 heterocycles. The summed E-state index contributed by atoms with van der Waals surface area (Å²) in [5.74, 6) is 0.910. The molecule has 0 saturated carbocycles. The van der Waals surface area contributed by atoms with Gasteiger partial charge < -0.3 is 9.73 Å². The number of carbonyl (C=O) groups excluding carboxylic acids is 1. The fraction of sp³-hybridized carbons (Fsp3) is 0.353. The lowest BCUT2D eigenvalue weighted by Crippen LogP contribution is -2.21. The zero-order chi connectivity index (χ0) is 17.9. The molecule has 1 amide bonds. The number of nitrogens with zero attached hydrogens (tertiary/aromatic N) is 3. The number of likely N-dealkylation sites (tertiary alicyclic amines) is 1. The third-order valence-electron chi connectivity index (χ3n) is 4.36. The summed E-state index contributed by atoms with van der Waals surface area (Å²) in [7, 11) is 1.66. The topological polar surface area (TPSA) is 87.0 Å². The van der Waals surface area contributed by atoms with E-state index in [9.17, 15) is 4.79 Å². The molecule has 7 nitrogen and oxygen atoms in total. The van der Waals surface area contributed by atoms with Crippen molar-refractivity contribution in [2.75, 3.05) is 13.6 Å². The second-order valence-corrected chi connectivity index (χ2v) is 8.13. The predicted molar refractivity (Wildman–Crippen MR) is 99.3 cm³/mol. The third kappa shape index (κ3) is 3.69. The van der Waals surface area contributed by atoms with Crippen LogP contribution >= 0.6 is 23.1 Å². The molecule has 1 fully saturated rings. The van der Waals surface area contributed by atoms with Crippen LogP contribution in [-0.2, 0) is 6.54 Å². The number of thiophene rings is 1. The van der Waals surface area contributed by atoms with E-state index in [2.05, 4.69) is 31.5 Å². The van der Waals surface area contributed by atoms with Crippen molar-refractivity contribution in [1.29, 1.82) is 0 Å². The summed E-state index contributed by atoms with van der Waals surface area (Å²) in [6.07, 6.45) is 3.74. The van der Waals surface area contributed by atoms with Gasteiger partial charge in [0.05, 0.1) is 11.4 Å². The maximum absolute atomic E-state index is 11.8.